The lowest BCUT2D eigenvalue weighted by Crippen LogP contribution is -2.38. The van der Waals surface area contributed by atoms with E-state index in [-0.39, 0.29) is 24.0 Å². The molecule has 108 valence electrons. The molecule has 1 heterocycles. The van der Waals surface area contributed by atoms with E-state index in [9.17, 15) is 0 Å². The number of hydrogen-bond donors (Lipinski definition) is 2. The molecular weight excluding hydrogens is 355 g/mol. The summed E-state index contributed by atoms with van der Waals surface area (Å²) in [6.45, 7) is 6.64. The molecule has 19 heavy (non-hydrogen) atoms. The first kappa shape index (κ1) is 16.2. The van der Waals surface area contributed by atoms with Crippen LogP contribution in [0, 0.1) is 0 Å². The Kier molecular flexibility index (Phi) is 7.11. The van der Waals surface area contributed by atoms with Gasteiger partial charge in [0.15, 0.2) is 5.96 Å². The number of hydrogen-bond acceptors (Lipinski definition) is 3. The second kappa shape index (κ2) is 8.34. The highest BCUT2D eigenvalue weighted by atomic mass is 127. The zero-order chi connectivity index (χ0) is 12.8. The number of halogens is 1. The molecule has 0 amide bonds. The van der Waals surface area contributed by atoms with Gasteiger partial charge in [0, 0.05) is 25.6 Å². The van der Waals surface area contributed by atoms with Gasteiger partial charge < -0.3 is 15.2 Å². The van der Waals surface area contributed by atoms with Crippen LogP contribution >= 0.6 is 24.0 Å². The molecule has 1 fully saturated rings. The third kappa shape index (κ3) is 5.33. The standard InChI is InChI=1S/C12H22N6.HI/c1-3-11-17-15-9-18(11)8-7-14-12(13-4-2)16-10-5-6-10;/h9-10H,3-8H2,1-2H3,(H2,13,14,16);1H. The van der Waals surface area contributed by atoms with Gasteiger partial charge in [-0.3, -0.25) is 4.99 Å². The SMILES string of the molecule is CCNC(=NCCn1cnnc1CC)NC1CC1.I. The molecule has 0 saturated heterocycles. The van der Waals surface area contributed by atoms with Gasteiger partial charge in [0.2, 0.25) is 0 Å². The summed E-state index contributed by atoms with van der Waals surface area (Å²) in [7, 11) is 0. The third-order valence-electron chi connectivity index (χ3n) is 2.89. The van der Waals surface area contributed by atoms with Gasteiger partial charge in [-0.25, -0.2) is 0 Å². The van der Waals surface area contributed by atoms with Crippen LogP contribution in [-0.4, -0.2) is 39.9 Å². The average Bonchev–Trinajstić information content (AvgIpc) is 3.06. The largest absolute Gasteiger partial charge is 0.357 e. The van der Waals surface area contributed by atoms with Gasteiger partial charge >= 0.3 is 0 Å². The van der Waals surface area contributed by atoms with Crippen molar-refractivity contribution in [2.24, 2.45) is 4.99 Å². The maximum absolute atomic E-state index is 4.56. The summed E-state index contributed by atoms with van der Waals surface area (Å²) in [5, 5.41) is 14.6. The normalized spacial score (nSPS) is 14.9. The molecule has 1 aliphatic rings. The van der Waals surface area contributed by atoms with Crippen molar-refractivity contribution in [2.75, 3.05) is 13.1 Å². The summed E-state index contributed by atoms with van der Waals surface area (Å²) in [6.07, 6.45) is 5.20. The van der Waals surface area contributed by atoms with Gasteiger partial charge in [-0.15, -0.1) is 34.2 Å². The van der Waals surface area contributed by atoms with Crippen molar-refractivity contribution in [1.82, 2.24) is 25.4 Å². The van der Waals surface area contributed by atoms with Gasteiger partial charge in [-0.1, -0.05) is 6.92 Å². The molecule has 6 nitrogen and oxygen atoms in total. The first-order chi connectivity index (χ1) is 8.83. The predicted octanol–water partition coefficient (Wildman–Crippen LogP) is 1.18. The second-order valence-corrected chi connectivity index (χ2v) is 4.47. The van der Waals surface area contributed by atoms with Crippen molar-refractivity contribution < 1.29 is 0 Å². The predicted molar refractivity (Wildman–Crippen MR) is 87.0 cm³/mol. The van der Waals surface area contributed by atoms with Crippen molar-refractivity contribution in [2.45, 2.75) is 45.7 Å². The molecule has 0 bridgehead atoms. The van der Waals surface area contributed by atoms with Gasteiger partial charge in [0.05, 0.1) is 6.54 Å². The number of rotatable bonds is 6. The van der Waals surface area contributed by atoms with Crippen LogP contribution in [-0.2, 0) is 13.0 Å². The Hall–Kier alpha value is -0.860. The zero-order valence-corrected chi connectivity index (χ0v) is 13.9. The smallest absolute Gasteiger partial charge is 0.191 e. The summed E-state index contributed by atoms with van der Waals surface area (Å²) < 4.78 is 2.06. The lowest BCUT2D eigenvalue weighted by Gasteiger charge is -2.10. The van der Waals surface area contributed by atoms with E-state index in [0.717, 1.165) is 37.8 Å². The van der Waals surface area contributed by atoms with E-state index >= 15 is 0 Å². The number of guanidine groups is 1. The summed E-state index contributed by atoms with van der Waals surface area (Å²) in [4.78, 5) is 4.56. The highest BCUT2D eigenvalue weighted by molar-refractivity contribution is 14.0. The van der Waals surface area contributed by atoms with E-state index in [4.69, 9.17) is 0 Å². The molecule has 0 unspecified atom stereocenters. The van der Waals surface area contributed by atoms with Crippen LogP contribution in [0.5, 0.6) is 0 Å². The van der Waals surface area contributed by atoms with E-state index in [1.807, 2.05) is 0 Å². The fourth-order valence-corrected chi connectivity index (χ4v) is 1.75. The minimum atomic E-state index is 0. The lowest BCUT2D eigenvalue weighted by molar-refractivity contribution is 0.661. The minimum absolute atomic E-state index is 0. The van der Waals surface area contributed by atoms with E-state index in [1.54, 1.807) is 6.33 Å². The summed E-state index contributed by atoms with van der Waals surface area (Å²) in [5.74, 6) is 1.94. The molecule has 0 spiro atoms. The van der Waals surface area contributed by atoms with Gasteiger partial charge in [-0.05, 0) is 19.8 Å². The molecule has 1 saturated carbocycles. The third-order valence-corrected chi connectivity index (χ3v) is 2.89. The number of nitrogens with one attached hydrogen (secondary N) is 2. The molecule has 2 N–H and O–H groups in total. The quantitative estimate of drug-likeness (QED) is 0.443. The Morgan fingerprint density at radius 2 is 2.26 bits per heavy atom. The molecule has 1 aromatic rings. The van der Waals surface area contributed by atoms with Crippen molar-refractivity contribution >= 4 is 29.9 Å². The molecule has 0 aliphatic heterocycles. The Morgan fingerprint density at radius 1 is 1.47 bits per heavy atom. The molecule has 0 aromatic carbocycles. The number of aromatic nitrogens is 3. The van der Waals surface area contributed by atoms with Crippen LogP contribution in [0.1, 0.15) is 32.5 Å². The van der Waals surface area contributed by atoms with E-state index in [2.05, 4.69) is 44.2 Å². The molecule has 0 radical (unpaired) electrons. The second-order valence-electron chi connectivity index (χ2n) is 4.47. The highest BCUT2D eigenvalue weighted by Gasteiger charge is 2.21. The maximum atomic E-state index is 4.56. The molecule has 1 aromatic heterocycles. The molecule has 2 rings (SSSR count). The van der Waals surface area contributed by atoms with Crippen LogP contribution < -0.4 is 10.6 Å². The van der Waals surface area contributed by atoms with Crippen LogP contribution in [0.25, 0.3) is 0 Å². The Morgan fingerprint density at radius 3 is 2.89 bits per heavy atom. The first-order valence-corrected chi connectivity index (χ1v) is 6.75. The Balaban J connectivity index is 0.00000180. The molecular formula is C12H23IN6. The first-order valence-electron chi connectivity index (χ1n) is 6.75. The maximum Gasteiger partial charge on any atom is 0.191 e. The highest BCUT2D eigenvalue weighted by Crippen LogP contribution is 2.18. The molecule has 7 heteroatoms. The summed E-state index contributed by atoms with van der Waals surface area (Å²) in [6, 6.07) is 0.629. The fraction of sp³-hybridized carbons (Fsp3) is 0.750. The Labute approximate surface area is 131 Å². The zero-order valence-electron chi connectivity index (χ0n) is 11.6. The molecule has 1 aliphatic carbocycles. The van der Waals surface area contributed by atoms with Gasteiger partial charge in [-0.2, -0.15) is 0 Å². The average molecular weight is 378 g/mol. The van der Waals surface area contributed by atoms with Gasteiger partial charge in [0.25, 0.3) is 0 Å². The van der Waals surface area contributed by atoms with Crippen molar-refractivity contribution in [1.29, 1.82) is 0 Å². The van der Waals surface area contributed by atoms with Crippen molar-refractivity contribution in [3.63, 3.8) is 0 Å². The van der Waals surface area contributed by atoms with Crippen molar-refractivity contribution in [3.05, 3.63) is 12.2 Å². The van der Waals surface area contributed by atoms with Crippen LogP contribution in [0.15, 0.2) is 11.3 Å². The number of aliphatic imine (C=N–C) groups is 1. The van der Waals surface area contributed by atoms with Crippen LogP contribution in [0.3, 0.4) is 0 Å². The van der Waals surface area contributed by atoms with E-state index < -0.39 is 0 Å². The summed E-state index contributed by atoms with van der Waals surface area (Å²) >= 11 is 0. The minimum Gasteiger partial charge on any atom is -0.357 e. The fourth-order valence-electron chi connectivity index (χ4n) is 1.75. The lowest BCUT2D eigenvalue weighted by atomic mass is 10.4. The van der Waals surface area contributed by atoms with E-state index in [0.29, 0.717) is 6.04 Å². The van der Waals surface area contributed by atoms with Crippen LogP contribution in [0.4, 0.5) is 0 Å². The number of aryl methyl sites for hydroxylation is 1. The van der Waals surface area contributed by atoms with Gasteiger partial charge in [0.1, 0.15) is 12.2 Å². The topological polar surface area (TPSA) is 67.1 Å². The monoisotopic (exact) mass is 378 g/mol. The van der Waals surface area contributed by atoms with Crippen molar-refractivity contribution in [3.8, 4) is 0 Å². The van der Waals surface area contributed by atoms with Crippen LogP contribution in [0.2, 0.25) is 0 Å². The summed E-state index contributed by atoms with van der Waals surface area (Å²) in [5.41, 5.74) is 0. The Bertz CT molecular complexity index is 399. The number of nitrogens with zero attached hydrogens (tertiary/aromatic N) is 4. The molecule has 0 atom stereocenters. The van der Waals surface area contributed by atoms with E-state index in [1.165, 1.54) is 12.8 Å².